The van der Waals surface area contributed by atoms with Crippen molar-refractivity contribution in [2.75, 3.05) is 0 Å². The highest BCUT2D eigenvalue weighted by atomic mass is 31.0. The summed E-state index contributed by atoms with van der Waals surface area (Å²) in [5, 5.41) is 1.07. The Morgan fingerprint density at radius 2 is 1.91 bits per heavy atom. The quantitative estimate of drug-likeness (QED) is 0.451. The summed E-state index contributed by atoms with van der Waals surface area (Å²) in [5.74, 6) is -0.0839. The molecule has 1 atom stereocenters. The van der Waals surface area contributed by atoms with Gasteiger partial charge in [0, 0.05) is 0 Å². The molecule has 0 radical (unpaired) electrons. The van der Waals surface area contributed by atoms with E-state index < -0.39 is 0 Å². The zero-order valence-corrected chi connectivity index (χ0v) is 8.60. The molecule has 0 amide bonds. The molecule has 0 nitrogen and oxygen atoms in total. The monoisotopic (exact) mass is 174 g/mol. The molecule has 0 aliphatic carbocycles. The molecule has 0 aliphatic heterocycles. The Kier molecular flexibility index (Phi) is 5.41. The van der Waals surface area contributed by atoms with Gasteiger partial charge < -0.3 is 0 Å². The van der Waals surface area contributed by atoms with Gasteiger partial charge in [-0.1, -0.05) is 19.9 Å². The summed E-state index contributed by atoms with van der Waals surface area (Å²) in [7, 11) is 2.59. The third kappa shape index (κ3) is 3.16. The van der Waals surface area contributed by atoms with Gasteiger partial charge in [0.1, 0.15) is 5.83 Å². The van der Waals surface area contributed by atoms with Gasteiger partial charge >= 0.3 is 0 Å². The van der Waals surface area contributed by atoms with E-state index in [1.165, 1.54) is 6.08 Å². The number of hydrogen-bond acceptors (Lipinski definition) is 0. The van der Waals surface area contributed by atoms with E-state index in [2.05, 4.69) is 9.24 Å². The SMILES string of the molecule is C/C=C(F)\C(CC)=C(\P)CC. The van der Waals surface area contributed by atoms with Gasteiger partial charge in [0.25, 0.3) is 0 Å². The zero-order chi connectivity index (χ0) is 8.85. The van der Waals surface area contributed by atoms with Crippen LogP contribution < -0.4 is 0 Å². The lowest BCUT2D eigenvalue weighted by Crippen LogP contribution is -1.85. The predicted octanol–water partition coefficient (Wildman–Crippen LogP) is 3.81. The van der Waals surface area contributed by atoms with Gasteiger partial charge in [-0.2, -0.15) is 0 Å². The Bertz CT molecular complexity index is 180. The van der Waals surface area contributed by atoms with Crippen LogP contribution in [0.15, 0.2) is 22.8 Å². The summed E-state index contributed by atoms with van der Waals surface area (Å²) in [6, 6.07) is 0. The van der Waals surface area contributed by atoms with Crippen molar-refractivity contribution in [3.63, 3.8) is 0 Å². The van der Waals surface area contributed by atoms with Crippen LogP contribution in [0, 0.1) is 0 Å². The minimum absolute atomic E-state index is 0.0839. The average molecular weight is 174 g/mol. The maximum absolute atomic E-state index is 13.0. The Morgan fingerprint density at radius 3 is 2.18 bits per heavy atom. The van der Waals surface area contributed by atoms with Crippen LogP contribution in [0.2, 0.25) is 0 Å². The highest BCUT2D eigenvalue weighted by molar-refractivity contribution is 7.22. The molecule has 0 N–H and O–H groups in total. The van der Waals surface area contributed by atoms with Crippen LogP contribution in [-0.2, 0) is 0 Å². The van der Waals surface area contributed by atoms with Crippen molar-refractivity contribution in [1.29, 1.82) is 0 Å². The van der Waals surface area contributed by atoms with Crippen molar-refractivity contribution in [1.82, 2.24) is 0 Å². The van der Waals surface area contributed by atoms with Crippen molar-refractivity contribution in [2.45, 2.75) is 33.6 Å². The maximum Gasteiger partial charge on any atom is 0.122 e. The molecule has 1 unspecified atom stereocenters. The van der Waals surface area contributed by atoms with E-state index >= 15 is 0 Å². The standard InChI is InChI=1S/C9H16FP/c1-4-7(8(10)5-2)9(11)6-3/h5H,4,6,11H2,1-3H3/b8-5+,9-7+. The van der Waals surface area contributed by atoms with E-state index in [0.29, 0.717) is 0 Å². The van der Waals surface area contributed by atoms with E-state index in [4.69, 9.17) is 0 Å². The lowest BCUT2D eigenvalue weighted by molar-refractivity contribution is 0.638. The van der Waals surface area contributed by atoms with Gasteiger partial charge in [0.2, 0.25) is 0 Å². The third-order valence-electron chi connectivity index (χ3n) is 1.66. The van der Waals surface area contributed by atoms with Crippen molar-refractivity contribution < 1.29 is 4.39 Å². The average Bonchev–Trinajstić information content (AvgIpc) is 2.05. The van der Waals surface area contributed by atoms with E-state index in [1.807, 2.05) is 13.8 Å². The van der Waals surface area contributed by atoms with Crippen LogP contribution in [0.1, 0.15) is 33.6 Å². The first-order chi connectivity index (χ1) is 5.17. The van der Waals surface area contributed by atoms with Crippen molar-refractivity contribution in [2.24, 2.45) is 0 Å². The van der Waals surface area contributed by atoms with Crippen LogP contribution in [0.4, 0.5) is 4.39 Å². The van der Waals surface area contributed by atoms with Gasteiger partial charge in [-0.25, -0.2) is 4.39 Å². The summed E-state index contributed by atoms with van der Waals surface area (Å²) in [4.78, 5) is 0. The molecule has 2 heteroatoms. The molecule has 11 heavy (non-hydrogen) atoms. The topological polar surface area (TPSA) is 0 Å². The number of hydrogen-bond donors (Lipinski definition) is 0. The molecule has 0 rings (SSSR count). The number of halogens is 1. The first-order valence-corrected chi connectivity index (χ1v) is 4.54. The van der Waals surface area contributed by atoms with Crippen LogP contribution in [0.25, 0.3) is 0 Å². The highest BCUT2D eigenvalue weighted by Gasteiger charge is 2.03. The Morgan fingerprint density at radius 1 is 1.36 bits per heavy atom. The molecule has 0 aliphatic rings. The molecule has 0 heterocycles. The molecule has 0 aromatic rings. The van der Waals surface area contributed by atoms with Gasteiger partial charge in [-0.15, -0.1) is 9.24 Å². The van der Waals surface area contributed by atoms with E-state index in [0.717, 1.165) is 23.7 Å². The largest absolute Gasteiger partial charge is 0.207 e. The fourth-order valence-corrected chi connectivity index (χ4v) is 1.28. The molecule has 0 fully saturated rings. The Balaban J connectivity index is 4.65. The van der Waals surface area contributed by atoms with Crippen LogP contribution >= 0.6 is 9.24 Å². The molecule has 0 bridgehead atoms. The molecule has 0 spiro atoms. The number of allylic oxidation sites excluding steroid dienone is 4. The highest BCUT2D eigenvalue weighted by Crippen LogP contribution is 2.25. The maximum atomic E-state index is 13.0. The smallest absolute Gasteiger partial charge is 0.122 e. The van der Waals surface area contributed by atoms with Gasteiger partial charge in [0.05, 0.1) is 0 Å². The van der Waals surface area contributed by atoms with Gasteiger partial charge in [0.15, 0.2) is 0 Å². The lowest BCUT2D eigenvalue weighted by atomic mass is 10.1. The molecule has 0 saturated heterocycles. The normalized spacial score (nSPS) is 14.8. The van der Waals surface area contributed by atoms with E-state index in [-0.39, 0.29) is 5.83 Å². The second-order valence-corrected chi connectivity index (χ2v) is 3.04. The molecule has 0 saturated carbocycles. The molecular weight excluding hydrogens is 158 g/mol. The van der Waals surface area contributed by atoms with E-state index in [9.17, 15) is 4.39 Å². The second-order valence-electron chi connectivity index (χ2n) is 2.35. The lowest BCUT2D eigenvalue weighted by Gasteiger charge is -2.05. The Labute approximate surface area is 70.8 Å². The van der Waals surface area contributed by atoms with Crippen LogP contribution in [0.3, 0.4) is 0 Å². The second kappa shape index (κ2) is 5.49. The first-order valence-electron chi connectivity index (χ1n) is 3.97. The van der Waals surface area contributed by atoms with Gasteiger partial charge in [-0.3, -0.25) is 0 Å². The molecule has 0 aromatic heterocycles. The summed E-state index contributed by atoms with van der Waals surface area (Å²) < 4.78 is 13.0. The predicted molar refractivity (Wildman–Crippen MR) is 52.2 cm³/mol. The fraction of sp³-hybridized carbons (Fsp3) is 0.556. The summed E-state index contributed by atoms with van der Waals surface area (Å²) in [6.07, 6.45) is 3.18. The van der Waals surface area contributed by atoms with Crippen LogP contribution in [-0.4, -0.2) is 0 Å². The van der Waals surface area contributed by atoms with Crippen molar-refractivity contribution >= 4 is 9.24 Å². The first kappa shape index (κ1) is 10.8. The van der Waals surface area contributed by atoms with Crippen LogP contribution in [0.5, 0.6) is 0 Å². The minimum Gasteiger partial charge on any atom is -0.207 e. The minimum atomic E-state index is -0.0839. The van der Waals surface area contributed by atoms with E-state index in [1.54, 1.807) is 6.92 Å². The molecule has 0 aromatic carbocycles. The molecular formula is C9H16FP. The van der Waals surface area contributed by atoms with Gasteiger partial charge in [-0.05, 0) is 30.7 Å². The summed E-state index contributed by atoms with van der Waals surface area (Å²) in [5.41, 5.74) is 0.833. The Hall–Kier alpha value is -0.160. The fourth-order valence-electron chi connectivity index (χ4n) is 0.937. The van der Waals surface area contributed by atoms with Crippen molar-refractivity contribution in [3.05, 3.63) is 22.8 Å². The summed E-state index contributed by atoms with van der Waals surface area (Å²) in [6.45, 7) is 5.72. The zero-order valence-electron chi connectivity index (χ0n) is 7.45. The van der Waals surface area contributed by atoms with Crippen molar-refractivity contribution in [3.8, 4) is 0 Å². The third-order valence-corrected chi connectivity index (χ3v) is 2.42. The number of rotatable bonds is 3. The molecule has 64 valence electrons. The summed E-state index contributed by atoms with van der Waals surface area (Å²) >= 11 is 0.